The van der Waals surface area contributed by atoms with E-state index in [9.17, 15) is 4.79 Å². The molecule has 0 aromatic rings. The highest BCUT2D eigenvalue weighted by atomic mass is 16.5. The number of carbonyl (C=O) groups is 1. The zero-order valence-electron chi connectivity index (χ0n) is 12.7. The molecule has 0 amide bonds. The molecule has 0 aromatic heterocycles. The quantitative estimate of drug-likeness (QED) is 0.731. The van der Waals surface area contributed by atoms with Crippen LogP contribution in [0.25, 0.3) is 0 Å². The van der Waals surface area contributed by atoms with Crippen molar-refractivity contribution in [3.63, 3.8) is 0 Å². The van der Waals surface area contributed by atoms with Crippen LogP contribution in [-0.4, -0.2) is 44.0 Å². The van der Waals surface area contributed by atoms with Crippen LogP contribution in [0, 0.1) is 11.8 Å². The molecule has 1 aliphatic rings. The van der Waals surface area contributed by atoms with Gasteiger partial charge in [-0.15, -0.1) is 0 Å². The zero-order valence-corrected chi connectivity index (χ0v) is 12.7. The van der Waals surface area contributed by atoms with Gasteiger partial charge in [0.15, 0.2) is 5.78 Å². The van der Waals surface area contributed by atoms with Gasteiger partial charge in [-0.05, 0) is 52.1 Å². The molecule has 1 fully saturated rings. The fourth-order valence-corrected chi connectivity index (χ4v) is 3.04. The fraction of sp³-hybridized carbons (Fsp3) is 0.933. The predicted molar refractivity (Wildman–Crippen MR) is 74.7 cm³/mol. The SMILES string of the molecule is COCCC(C)C(=O)C1(N(C)C)CCC(C)CC1. The van der Waals surface area contributed by atoms with Crippen molar-refractivity contribution < 1.29 is 9.53 Å². The monoisotopic (exact) mass is 255 g/mol. The Hall–Kier alpha value is -0.410. The lowest BCUT2D eigenvalue weighted by Crippen LogP contribution is -2.55. The van der Waals surface area contributed by atoms with Crippen LogP contribution in [0.2, 0.25) is 0 Å². The fourth-order valence-electron chi connectivity index (χ4n) is 3.04. The third kappa shape index (κ3) is 3.33. The Kier molecular flexibility index (Phi) is 5.80. The Morgan fingerprint density at radius 3 is 2.39 bits per heavy atom. The van der Waals surface area contributed by atoms with E-state index in [0.717, 1.165) is 25.2 Å². The lowest BCUT2D eigenvalue weighted by molar-refractivity contribution is -0.136. The number of carbonyl (C=O) groups excluding carboxylic acids is 1. The number of hydrogen-bond acceptors (Lipinski definition) is 3. The molecular weight excluding hydrogens is 226 g/mol. The minimum absolute atomic E-state index is 0.0979. The highest BCUT2D eigenvalue weighted by molar-refractivity contribution is 5.90. The van der Waals surface area contributed by atoms with Crippen LogP contribution < -0.4 is 0 Å². The van der Waals surface area contributed by atoms with E-state index < -0.39 is 0 Å². The third-order valence-electron chi connectivity index (χ3n) is 4.62. The maximum Gasteiger partial charge on any atom is 0.155 e. The minimum Gasteiger partial charge on any atom is -0.385 e. The van der Waals surface area contributed by atoms with Gasteiger partial charge < -0.3 is 4.74 Å². The molecule has 0 spiro atoms. The van der Waals surface area contributed by atoms with Crippen molar-refractivity contribution in [1.29, 1.82) is 0 Å². The Morgan fingerprint density at radius 2 is 1.94 bits per heavy atom. The average molecular weight is 255 g/mol. The second-order valence-corrected chi connectivity index (χ2v) is 6.16. The van der Waals surface area contributed by atoms with Crippen LogP contribution in [0.3, 0.4) is 0 Å². The van der Waals surface area contributed by atoms with E-state index in [-0.39, 0.29) is 11.5 Å². The number of Topliss-reactive ketones (excluding diaryl/α,β-unsaturated/α-hetero) is 1. The van der Waals surface area contributed by atoms with Crippen molar-refractivity contribution in [2.24, 2.45) is 11.8 Å². The Balaban J connectivity index is 2.75. The number of ketones is 1. The molecule has 1 saturated carbocycles. The highest BCUT2D eigenvalue weighted by Crippen LogP contribution is 2.37. The van der Waals surface area contributed by atoms with Crippen molar-refractivity contribution in [3.8, 4) is 0 Å². The molecule has 3 nitrogen and oxygen atoms in total. The molecule has 1 unspecified atom stereocenters. The van der Waals surface area contributed by atoms with Gasteiger partial charge >= 0.3 is 0 Å². The van der Waals surface area contributed by atoms with E-state index in [1.807, 2.05) is 6.92 Å². The standard InChI is InChI=1S/C15H29NO2/c1-12-6-9-15(10-7-12,16(3)4)14(17)13(2)8-11-18-5/h12-13H,6-11H2,1-5H3. The molecule has 0 heterocycles. The van der Waals surface area contributed by atoms with E-state index in [0.29, 0.717) is 12.4 Å². The topological polar surface area (TPSA) is 29.5 Å². The van der Waals surface area contributed by atoms with E-state index in [2.05, 4.69) is 25.9 Å². The lowest BCUT2D eigenvalue weighted by atomic mass is 9.71. The van der Waals surface area contributed by atoms with E-state index in [1.165, 1.54) is 12.8 Å². The number of methoxy groups -OCH3 is 1. The first-order chi connectivity index (χ1) is 8.44. The highest BCUT2D eigenvalue weighted by Gasteiger charge is 2.44. The van der Waals surface area contributed by atoms with Crippen LogP contribution in [0.5, 0.6) is 0 Å². The Morgan fingerprint density at radius 1 is 1.39 bits per heavy atom. The Bertz CT molecular complexity index is 268. The molecule has 3 heteroatoms. The van der Waals surface area contributed by atoms with Gasteiger partial charge in [0.25, 0.3) is 0 Å². The van der Waals surface area contributed by atoms with Gasteiger partial charge in [0.2, 0.25) is 0 Å². The molecule has 0 N–H and O–H groups in total. The molecule has 106 valence electrons. The van der Waals surface area contributed by atoms with Crippen LogP contribution in [-0.2, 0) is 9.53 Å². The predicted octanol–water partition coefficient (Wildman–Crippen LogP) is 2.74. The first-order valence-corrected chi connectivity index (χ1v) is 7.14. The number of nitrogens with zero attached hydrogens (tertiary/aromatic N) is 1. The third-order valence-corrected chi connectivity index (χ3v) is 4.62. The zero-order chi connectivity index (χ0) is 13.8. The smallest absolute Gasteiger partial charge is 0.155 e. The summed E-state index contributed by atoms with van der Waals surface area (Å²) in [5.74, 6) is 1.28. The largest absolute Gasteiger partial charge is 0.385 e. The van der Waals surface area contributed by atoms with Gasteiger partial charge in [-0.25, -0.2) is 0 Å². The molecule has 0 aromatic carbocycles. The normalized spacial score (nSPS) is 30.4. The first kappa shape index (κ1) is 15.6. The van der Waals surface area contributed by atoms with E-state index in [1.54, 1.807) is 7.11 Å². The van der Waals surface area contributed by atoms with Crippen molar-refractivity contribution in [1.82, 2.24) is 4.90 Å². The Labute approximate surface area is 112 Å². The minimum atomic E-state index is -0.223. The van der Waals surface area contributed by atoms with Gasteiger partial charge in [-0.1, -0.05) is 13.8 Å². The van der Waals surface area contributed by atoms with Gasteiger partial charge in [0.1, 0.15) is 0 Å². The summed E-state index contributed by atoms with van der Waals surface area (Å²) in [4.78, 5) is 14.9. The summed E-state index contributed by atoms with van der Waals surface area (Å²) < 4.78 is 5.09. The molecule has 1 atom stereocenters. The van der Waals surface area contributed by atoms with Crippen molar-refractivity contribution in [2.75, 3.05) is 27.8 Å². The van der Waals surface area contributed by atoms with Gasteiger partial charge in [0, 0.05) is 19.6 Å². The molecule has 0 bridgehead atoms. The maximum absolute atomic E-state index is 12.8. The maximum atomic E-state index is 12.8. The first-order valence-electron chi connectivity index (χ1n) is 7.14. The summed E-state index contributed by atoms with van der Waals surface area (Å²) in [6, 6.07) is 0. The summed E-state index contributed by atoms with van der Waals surface area (Å²) in [6.07, 6.45) is 5.19. The molecule has 0 radical (unpaired) electrons. The average Bonchev–Trinajstić information content (AvgIpc) is 2.36. The number of likely N-dealkylation sites (N-methyl/N-ethyl adjacent to an activating group) is 1. The van der Waals surface area contributed by atoms with Crippen molar-refractivity contribution >= 4 is 5.78 Å². The number of rotatable bonds is 6. The summed E-state index contributed by atoms with van der Waals surface area (Å²) in [6.45, 7) is 5.01. The lowest BCUT2D eigenvalue weighted by Gasteiger charge is -2.44. The molecule has 1 rings (SSSR count). The molecule has 0 aliphatic heterocycles. The molecule has 1 aliphatic carbocycles. The van der Waals surface area contributed by atoms with Crippen LogP contribution in [0.4, 0.5) is 0 Å². The summed E-state index contributed by atoms with van der Waals surface area (Å²) >= 11 is 0. The second kappa shape index (κ2) is 6.67. The van der Waals surface area contributed by atoms with Gasteiger partial charge in [-0.2, -0.15) is 0 Å². The molecule has 0 saturated heterocycles. The molecule has 18 heavy (non-hydrogen) atoms. The van der Waals surface area contributed by atoms with Gasteiger partial charge in [-0.3, -0.25) is 9.69 Å². The molecular formula is C15H29NO2. The number of hydrogen-bond donors (Lipinski definition) is 0. The summed E-state index contributed by atoms with van der Waals surface area (Å²) in [5, 5.41) is 0. The van der Waals surface area contributed by atoms with Crippen LogP contribution in [0.15, 0.2) is 0 Å². The van der Waals surface area contributed by atoms with Crippen molar-refractivity contribution in [3.05, 3.63) is 0 Å². The summed E-state index contributed by atoms with van der Waals surface area (Å²) in [7, 11) is 5.80. The van der Waals surface area contributed by atoms with E-state index in [4.69, 9.17) is 4.74 Å². The van der Waals surface area contributed by atoms with Crippen molar-refractivity contribution in [2.45, 2.75) is 51.5 Å². The van der Waals surface area contributed by atoms with Gasteiger partial charge in [0.05, 0.1) is 5.54 Å². The number of ether oxygens (including phenoxy) is 1. The van der Waals surface area contributed by atoms with E-state index >= 15 is 0 Å². The van der Waals surface area contributed by atoms with Crippen LogP contribution >= 0.6 is 0 Å². The summed E-state index contributed by atoms with van der Waals surface area (Å²) in [5.41, 5.74) is -0.223. The second-order valence-electron chi connectivity index (χ2n) is 6.16. The van der Waals surface area contributed by atoms with Crippen LogP contribution in [0.1, 0.15) is 46.0 Å².